The van der Waals surface area contributed by atoms with Gasteiger partial charge >= 0.3 is 0 Å². The second kappa shape index (κ2) is 15.3. The standard InChI is InChI=1S/C24H35N3O5.HI/c1-7-25-24(26-14-12-17-8-10-19(28-2)21(16-17)30-4)27-15-13-18-9-11-20(29-3)23(32-6)22(18)31-5;/h8-11,16H,7,12-15H2,1-6H3,(H2,25,26,27);1H. The van der Waals surface area contributed by atoms with Gasteiger partial charge in [0.25, 0.3) is 0 Å². The summed E-state index contributed by atoms with van der Waals surface area (Å²) in [5, 5.41) is 6.67. The molecule has 0 heterocycles. The highest BCUT2D eigenvalue weighted by Crippen LogP contribution is 2.39. The predicted octanol–water partition coefficient (Wildman–Crippen LogP) is 3.69. The summed E-state index contributed by atoms with van der Waals surface area (Å²) in [5.41, 5.74) is 2.16. The molecule has 33 heavy (non-hydrogen) atoms. The molecular formula is C24H36IN3O5. The zero-order valence-electron chi connectivity index (χ0n) is 20.3. The van der Waals surface area contributed by atoms with Crippen molar-refractivity contribution in [3.05, 3.63) is 41.5 Å². The van der Waals surface area contributed by atoms with Crippen molar-refractivity contribution in [1.82, 2.24) is 10.6 Å². The van der Waals surface area contributed by atoms with E-state index in [2.05, 4.69) is 10.6 Å². The lowest BCUT2D eigenvalue weighted by atomic mass is 10.1. The fraction of sp³-hybridized carbons (Fsp3) is 0.458. The number of nitrogens with zero attached hydrogens (tertiary/aromatic N) is 1. The molecule has 2 N–H and O–H groups in total. The molecule has 2 rings (SSSR count). The summed E-state index contributed by atoms with van der Waals surface area (Å²) in [6, 6.07) is 9.81. The number of hydrogen-bond donors (Lipinski definition) is 2. The van der Waals surface area contributed by atoms with Crippen LogP contribution in [-0.2, 0) is 12.8 Å². The predicted molar refractivity (Wildman–Crippen MR) is 142 cm³/mol. The molecule has 184 valence electrons. The van der Waals surface area contributed by atoms with E-state index in [9.17, 15) is 0 Å². The minimum atomic E-state index is 0. The summed E-state index contributed by atoms with van der Waals surface area (Å²) in [5.74, 6) is 4.14. The molecule has 0 radical (unpaired) electrons. The zero-order valence-corrected chi connectivity index (χ0v) is 22.6. The fourth-order valence-electron chi connectivity index (χ4n) is 3.35. The summed E-state index contributed by atoms with van der Waals surface area (Å²) in [6.07, 6.45) is 1.53. The Bertz CT molecular complexity index is 893. The first-order valence-electron chi connectivity index (χ1n) is 10.6. The second-order valence-corrected chi connectivity index (χ2v) is 6.87. The average molecular weight is 573 g/mol. The van der Waals surface area contributed by atoms with Gasteiger partial charge in [0.2, 0.25) is 5.75 Å². The van der Waals surface area contributed by atoms with E-state index in [0.717, 1.165) is 48.1 Å². The van der Waals surface area contributed by atoms with Crippen LogP contribution in [0.25, 0.3) is 0 Å². The van der Waals surface area contributed by atoms with Gasteiger partial charge in [0.1, 0.15) is 0 Å². The summed E-state index contributed by atoms with van der Waals surface area (Å²) in [7, 11) is 8.12. The number of benzene rings is 2. The Balaban J connectivity index is 0.00000544. The molecule has 8 nitrogen and oxygen atoms in total. The topological polar surface area (TPSA) is 82.6 Å². The quantitative estimate of drug-likeness (QED) is 0.228. The first-order valence-corrected chi connectivity index (χ1v) is 10.6. The van der Waals surface area contributed by atoms with E-state index < -0.39 is 0 Å². The Kier molecular flexibility index (Phi) is 13.2. The lowest BCUT2D eigenvalue weighted by Gasteiger charge is -2.16. The molecular weight excluding hydrogens is 537 g/mol. The number of methoxy groups -OCH3 is 5. The SMILES string of the molecule is CCNC(=NCCc1ccc(OC)c(OC)c1OC)NCCc1ccc(OC)c(OC)c1.I. The lowest BCUT2D eigenvalue weighted by molar-refractivity contribution is 0.322. The van der Waals surface area contributed by atoms with Gasteiger partial charge in [-0.1, -0.05) is 12.1 Å². The smallest absolute Gasteiger partial charge is 0.203 e. The Morgan fingerprint density at radius 2 is 1.42 bits per heavy atom. The molecule has 9 heteroatoms. The minimum absolute atomic E-state index is 0. The molecule has 0 aliphatic carbocycles. The molecule has 0 bridgehead atoms. The third-order valence-corrected chi connectivity index (χ3v) is 4.94. The van der Waals surface area contributed by atoms with E-state index in [-0.39, 0.29) is 24.0 Å². The highest BCUT2D eigenvalue weighted by Gasteiger charge is 2.15. The Hall–Kier alpha value is -2.56. The van der Waals surface area contributed by atoms with Crippen LogP contribution in [0.1, 0.15) is 18.1 Å². The number of aliphatic imine (C=N–C) groups is 1. The number of nitrogens with one attached hydrogen (secondary N) is 2. The molecule has 0 saturated heterocycles. The summed E-state index contributed by atoms with van der Waals surface area (Å²) >= 11 is 0. The minimum Gasteiger partial charge on any atom is -0.493 e. The maximum atomic E-state index is 5.56. The first kappa shape index (κ1) is 28.5. The first-order chi connectivity index (χ1) is 15.6. The average Bonchev–Trinajstić information content (AvgIpc) is 2.83. The third-order valence-electron chi connectivity index (χ3n) is 4.94. The molecule has 0 aliphatic heterocycles. The third kappa shape index (κ3) is 8.06. The molecule has 0 amide bonds. The van der Waals surface area contributed by atoms with Crippen LogP contribution in [0.15, 0.2) is 35.3 Å². The van der Waals surface area contributed by atoms with Crippen molar-refractivity contribution in [2.45, 2.75) is 19.8 Å². The van der Waals surface area contributed by atoms with Crippen LogP contribution in [0, 0.1) is 0 Å². The molecule has 0 unspecified atom stereocenters. The van der Waals surface area contributed by atoms with Crippen LogP contribution in [0.2, 0.25) is 0 Å². The zero-order chi connectivity index (χ0) is 23.3. The van der Waals surface area contributed by atoms with E-state index in [0.29, 0.717) is 30.2 Å². The van der Waals surface area contributed by atoms with Gasteiger partial charge in [0, 0.05) is 25.2 Å². The largest absolute Gasteiger partial charge is 0.493 e. The summed E-state index contributed by atoms with van der Waals surface area (Å²) < 4.78 is 27.0. The number of guanidine groups is 1. The Labute approximate surface area is 214 Å². The van der Waals surface area contributed by atoms with Gasteiger partial charge < -0.3 is 34.3 Å². The van der Waals surface area contributed by atoms with Crippen molar-refractivity contribution in [2.75, 3.05) is 55.2 Å². The van der Waals surface area contributed by atoms with Crippen LogP contribution in [0.5, 0.6) is 28.7 Å². The van der Waals surface area contributed by atoms with Crippen molar-refractivity contribution in [2.24, 2.45) is 4.99 Å². The molecule has 0 aliphatic rings. The highest BCUT2D eigenvalue weighted by atomic mass is 127. The number of ether oxygens (including phenoxy) is 5. The molecule has 0 saturated carbocycles. The van der Waals surface area contributed by atoms with Crippen LogP contribution in [-0.4, -0.2) is 61.1 Å². The lowest BCUT2D eigenvalue weighted by Crippen LogP contribution is -2.38. The number of rotatable bonds is 12. The van der Waals surface area contributed by atoms with Crippen molar-refractivity contribution < 1.29 is 23.7 Å². The van der Waals surface area contributed by atoms with E-state index in [4.69, 9.17) is 28.7 Å². The van der Waals surface area contributed by atoms with Crippen LogP contribution in [0.3, 0.4) is 0 Å². The fourth-order valence-corrected chi connectivity index (χ4v) is 3.35. The Morgan fingerprint density at radius 1 is 0.758 bits per heavy atom. The molecule has 0 fully saturated rings. The Morgan fingerprint density at radius 3 is 2.03 bits per heavy atom. The van der Waals surface area contributed by atoms with E-state index in [1.807, 2.05) is 37.3 Å². The number of hydrogen-bond acceptors (Lipinski definition) is 6. The molecule has 0 aromatic heterocycles. The molecule has 2 aromatic rings. The summed E-state index contributed by atoms with van der Waals surface area (Å²) in [4.78, 5) is 4.70. The normalized spacial score (nSPS) is 10.7. The molecule has 0 atom stereocenters. The maximum Gasteiger partial charge on any atom is 0.203 e. The molecule has 2 aromatic carbocycles. The second-order valence-electron chi connectivity index (χ2n) is 6.87. The van der Waals surface area contributed by atoms with E-state index >= 15 is 0 Å². The monoisotopic (exact) mass is 573 g/mol. The maximum absolute atomic E-state index is 5.56. The van der Waals surface area contributed by atoms with Crippen molar-refractivity contribution >= 4 is 29.9 Å². The van der Waals surface area contributed by atoms with E-state index in [1.54, 1.807) is 35.5 Å². The van der Waals surface area contributed by atoms with Crippen molar-refractivity contribution in [3.63, 3.8) is 0 Å². The highest BCUT2D eigenvalue weighted by molar-refractivity contribution is 14.0. The van der Waals surface area contributed by atoms with Gasteiger partial charge in [0.05, 0.1) is 35.5 Å². The van der Waals surface area contributed by atoms with Crippen LogP contribution >= 0.6 is 24.0 Å². The van der Waals surface area contributed by atoms with Gasteiger partial charge in [0.15, 0.2) is 29.0 Å². The number of halogens is 1. The van der Waals surface area contributed by atoms with Gasteiger partial charge in [-0.2, -0.15) is 0 Å². The van der Waals surface area contributed by atoms with E-state index in [1.165, 1.54) is 0 Å². The van der Waals surface area contributed by atoms with Crippen LogP contribution < -0.4 is 34.3 Å². The van der Waals surface area contributed by atoms with Crippen molar-refractivity contribution in [3.8, 4) is 28.7 Å². The molecule has 0 spiro atoms. The van der Waals surface area contributed by atoms with Crippen LogP contribution in [0.4, 0.5) is 0 Å². The van der Waals surface area contributed by atoms with Gasteiger partial charge in [-0.15, -0.1) is 24.0 Å². The van der Waals surface area contributed by atoms with Crippen molar-refractivity contribution in [1.29, 1.82) is 0 Å². The summed E-state index contributed by atoms with van der Waals surface area (Å²) in [6.45, 7) is 4.16. The van der Waals surface area contributed by atoms with Gasteiger partial charge in [-0.3, -0.25) is 4.99 Å². The van der Waals surface area contributed by atoms with Gasteiger partial charge in [-0.05, 0) is 43.5 Å². The van der Waals surface area contributed by atoms with Gasteiger partial charge in [-0.25, -0.2) is 0 Å².